The number of carbonyl (C=O) groups is 2. The van der Waals surface area contributed by atoms with Crippen molar-refractivity contribution in [1.82, 2.24) is 10.0 Å². The molecule has 2 amide bonds. The summed E-state index contributed by atoms with van der Waals surface area (Å²) >= 11 is 0. The van der Waals surface area contributed by atoms with E-state index in [1.807, 2.05) is 0 Å². The standard InChI is InChI=1S/C19H19F4N3O4S/c1-11(26-31(29,30)16-7-5-15(6-8-16)25-12(2)27)18(28)24-10-13-3-4-14(20)9-17(13)19(21,22)23/h3-9,11,26H,10H2,1-2H3,(H,24,28)(H,25,27)/t11-/m0/s1. The fourth-order valence-electron chi connectivity index (χ4n) is 2.58. The van der Waals surface area contributed by atoms with Gasteiger partial charge < -0.3 is 10.6 Å². The van der Waals surface area contributed by atoms with Crippen LogP contribution in [0.15, 0.2) is 47.4 Å². The maximum Gasteiger partial charge on any atom is 0.416 e. The van der Waals surface area contributed by atoms with E-state index < -0.39 is 46.1 Å². The summed E-state index contributed by atoms with van der Waals surface area (Å²) in [4.78, 5) is 23.0. The second-order valence-electron chi connectivity index (χ2n) is 6.57. The molecule has 2 aromatic rings. The molecule has 0 saturated carbocycles. The Kier molecular flexibility index (Phi) is 7.39. The van der Waals surface area contributed by atoms with Crippen molar-refractivity contribution >= 4 is 27.5 Å². The highest BCUT2D eigenvalue weighted by Crippen LogP contribution is 2.32. The van der Waals surface area contributed by atoms with Gasteiger partial charge in [-0.15, -0.1) is 0 Å². The SMILES string of the molecule is CC(=O)Nc1ccc(S(=O)(=O)N[C@@H](C)C(=O)NCc2ccc(F)cc2C(F)(F)F)cc1. The summed E-state index contributed by atoms with van der Waals surface area (Å²) in [7, 11) is -4.12. The van der Waals surface area contributed by atoms with Crippen LogP contribution in [0.1, 0.15) is 25.0 Å². The minimum absolute atomic E-state index is 0.181. The van der Waals surface area contributed by atoms with Crippen LogP contribution in [0.5, 0.6) is 0 Å². The number of alkyl halides is 3. The first-order chi connectivity index (χ1) is 14.3. The highest BCUT2D eigenvalue weighted by atomic mass is 32.2. The molecule has 168 valence electrons. The molecule has 7 nitrogen and oxygen atoms in total. The van der Waals surface area contributed by atoms with Crippen LogP contribution in [0.25, 0.3) is 0 Å². The minimum Gasteiger partial charge on any atom is -0.351 e. The lowest BCUT2D eigenvalue weighted by Gasteiger charge is -2.17. The van der Waals surface area contributed by atoms with Crippen LogP contribution < -0.4 is 15.4 Å². The van der Waals surface area contributed by atoms with Crippen LogP contribution in [0, 0.1) is 5.82 Å². The van der Waals surface area contributed by atoms with Crippen molar-refractivity contribution in [1.29, 1.82) is 0 Å². The Hall–Kier alpha value is -2.99. The summed E-state index contributed by atoms with van der Waals surface area (Å²) in [5.74, 6) is -2.29. The number of benzene rings is 2. The van der Waals surface area contributed by atoms with Gasteiger partial charge in [-0.25, -0.2) is 12.8 Å². The van der Waals surface area contributed by atoms with Crippen LogP contribution in [0.2, 0.25) is 0 Å². The molecule has 12 heteroatoms. The van der Waals surface area contributed by atoms with Crippen molar-refractivity contribution in [3.05, 3.63) is 59.4 Å². The topological polar surface area (TPSA) is 104 Å². The molecule has 2 aromatic carbocycles. The fraction of sp³-hybridized carbons (Fsp3) is 0.263. The molecule has 0 aliphatic heterocycles. The zero-order valence-electron chi connectivity index (χ0n) is 16.4. The third-order valence-corrected chi connectivity index (χ3v) is 5.60. The second kappa shape index (κ2) is 9.43. The Morgan fingerprint density at radius 3 is 2.23 bits per heavy atom. The first kappa shape index (κ1) is 24.3. The smallest absolute Gasteiger partial charge is 0.351 e. The molecule has 0 radical (unpaired) electrons. The summed E-state index contributed by atoms with van der Waals surface area (Å²) in [5.41, 5.74) is -1.23. The molecule has 0 bridgehead atoms. The van der Waals surface area contributed by atoms with E-state index in [0.29, 0.717) is 11.8 Å². The van der Waals surface area contributed by atoms with E-state index in [4.69, 9.17) is 0 Å². The van der Waals surface area contributed by atoms with Gasteiger partial charge in [0, 0.05) is 19.2 Å². The van der Waals surface area contributed by atoms with Crippen LogP contribution in [-0.4, -0.2) is 26.3 Å². The van der Waals surface area contributed by atoms with E-state index in [1.165, 1.54) is 38.1 Å². The number of rotatable bonds is 7. The number of hydrogen-bond donors (Lipinski definition) is 3. The summed E-state index contributed by atoms with van der Waals surface area (Å²) in [6, 6.07) is 5.87. The molecule has 0 saturated heterocycles. The summed E-state index contributed by atoms with van der Waals surface area (Å²) in [5, 5.41) is 4.67. The third-order valence-electron chi connectivity index (χ3n) is 4.04. The average molecular weight is 461 g/mol. The molecular formula is C19H19F4N3O4S. The third kappa shape index (κ3) is 6.76. The molecule has 0 unspecified atom stereocenters. The number of halogens is 4. The fourth-order valence-corrected chi connectivity index (χ4v) is 3.78. The van der Waals surface area contributed by atoms with Crippen LogP contribution in [0.3, 0.4) is 0 Å². The maximum atomic E-state index is 13.2. The monoisotopic (exact) mass is 461 g/mol. The van der Waals surface area contributed by atoms with Crippen molar-refractivity contribution in [3.63, 3.8) is 0 Å². The van der Waals surface area contributed by atoms with Gasteiger partial charge in [-0.3, -0.25) is 9.59 Å². The summed E-state index contributed by atoms with van der Waals surface area (Å²) in [6.07, 6.45) is -4.82. The predicted octanol–water partition coefficient (Wildman–Crippen LogP) is 2.79. The van der Waals surface area contributed by atoms with Gasteiger partial charge >= 0.3 is 6.18 Å². The van der Waals surface area contributed by atoms with Crippen molar-refractivity contribution < 1.29 is 35.6 Å². The van der Waals surface area contributed by atoms with Gasteiger partial charge in [0.1, 0.15) is 5.82 Å². The lowest BCUT2D eigenvalue weighted by Crippen LogP contribution is -2.44. The molecule has 0 heterocycles. The zero-order chi connectivity index (χ0) is 23.4. The number of nitrogens with one attached hydrogen (secondary N) is 3. The summed E-state index contributed by atoms with van der Waals surface area (Å²) < 4.78 is 79.2. The zero-order valence-corrected chi connectivity index (χ0v) is 17.2. The number of anilines is 1. The minimum atomic E-state index is -4.82. The molecule has 0 fully saturated rings. The molecular weight excluding hydrogens is 442 g/mol. The maximum absolute atomic E-state index is 13.2. The number of hydrogen-bond acceptors (Lipinski definition) is 4. The van der Waals surface area contributed by atoms with Gasteiger partial charge in [-0.1, -0.05) is 6.07 Å². The second-order valence-corrected chi connectivity index (χ2v) is 8.28. The van der Waals surface area contributed by atoms with Gasteiger partial charge in [-0.2, -0.15) is 17.9 Å². The molecule has 0 aliphatic rings. The number of amides is 2. The van der Waals surface area contributed by atoms with Gasteiger partial charge in [0.25, 0.3) is 0 Å². The Morgan fingerprint density at radius 1 is 1.06 bits per heavy atom. The summed E-state index contributed by atoms with van der Waals surface area (Å²) in [6.45, 7) is 1.93. The molecule has 1 atom stereocenters. The van der Waals surface area contributed by atoms with E-state index in [9.17, 15) is 35.6 Å². The first-order valence-corrected chi connectivity index (χ1v) is 10.3. The highest BCUT2D eigenvalue weighted by Gasteiger charge is 2.34. The largest absolute Gasteiger partial charge is 0.416 e. The molecule has 31 heavy (non-hydrogen) atoms. The highest BCUT2D eigenvalue weighted by molar-refractivity contribution is 7.89. The van der Waals surface area contributed by atoms with E-state index in [1.54, 1.807) is 0 Å². The van der Waals surface area contributed by atoms with Crippen molar-refractivity contribution in [2.75, 3.05) is 5.32 Å². The molecule has 0 spiro atoms. The lowest BCUT2D eigenvalue weighted by molar-refractivity contribution is -0.138. The number of sulfonamides is 1. The normalized spacial score (nSPS) is 12.8. The van der Waals surface area contributed by atoms with Crippen molar-refractivity contribution in [2.45, 2.75) is 37.5 Å². The lowest BCUT2D eigenvalue weighted by atomic mass is 10.1. The Morgan fingerprint density at radius 2 is 1.68 bits per heavy atom. The van der Waals surface area contributed by atoms with Gasteiger partial charge in [-0.05, 0) is 48.9 Å². The van der Waals surface area contributed by atoms with Crippen LogP contribution in [-0.2, 0) is 32.3 Å². The number of carbonyl (C=O) groups excluding carboxylic acids is 2. The van der Waals surface area contributed by atoms with E-state index in [0.717, 1.165) is 12.1 Å². The Bertz CT molecular complexity index is 1070. The average Bonchev–Trinajstić information content (AvgIpc) is 2.65. The quantitative estimate of drug-likeness (QED) is 0.552. The van der Waals surface area contributed by atoms with Crippen molar-refractivity contribution in [3.8, 4) is 0 Å². The van der Waals surface area contributed by atoms with Crippen LogP contribution >= 0.6 is 0 Å². The Balaban J connectivity index is 2.05. The van der Waals surface area contributed by atoms with Crippen molar-refractivity contribution in [2.24, 2.45) is 0 Å². The van der Waals surface area contributed by atoms with E-state index in [2.05, 4.69) is 15.4 Å². The van der Waals surface area contributed by atoms with E-state index >= 15 is 0 Å². The predicted molar refractivity (Wildman–Crippen MR) is 104 cm³/mol. The van der Waals surface area contributed by atoms with Gasteiger partial charge in [0.05, 0.1) is 16.5 Å². The molecule has 3 N–H and O–H groups in total. The van der Waals surface area contributed by atoms with Gasteiger partial charge in [0.15, 0.2) is 0 Å². The molecule has 0 aliphatic carbocycles. The van der Waals surface area contributed by atoms with E-state index in [-0.39, 0.29) is 16.4 Å². The first-order valence-electron chi connectivity index (χ1n) is 8.83. The van der Waals surface area contributed by atoms with Crippen LogP contribution in [0.4, 0.5) is 23.2 Å². The van der Waals surface area contributed by atoms with Gasteiger partial charge in [0.2, 0.25) is 21.8 Å². The molecule has 2 rings (SSSR count). The Labute approximate surface area is 175 Å². The molecule has 0 aromatic heterocycles.